The lowest BCUT2D eigenvalue weighted by atomic mass is 9.97. The molecule has 0 bridgehead atoms. The van der Waals surface area contributed by atoms with Gasteiger partial charge < -0.3 is 15.8 Å². The molecule has 0 aliphatic heterocycles. The van der Waals surface area contributed by atoms with Crippen LogP contribution in [0, 0.1) is 11.8 Å². The summed E-state index contributed by atoms with van der Waals surface area (Å²) >= 11 is 0. The van der Waals surface area contributed by atoms with Crippen LogP contribution in [0.15, 0.2) is 0 Å². The van der Waals surface area contributed by atoms with E-state index in [1.165, 1.54) is 6.42 Å². The summed E-state index contributed by atoms with van der Waals surface area (Å²) in [5.41, 5.74) is 5.66. The number of hydrogen-bond donors (Lipinski definition) is 2. The van der Waals surface area contributed by atoms with E-state index in [2.05, 4.69) is 19.2 Å². The Hall–Kier alpha value is -0.120. The maximum atomic E-state index is 5.66. The van der Waals surface area contributed by atoms with E-state index in [1.807, 2.05) is 0 Å². The zero-order chi connectivity index (χ0) is 10.1. The molecule has 1 atom stereocenters. The van der Waals surface area contributed by atoms with Gasteiger partial charge in [-0.15, -0.1) is 0 Å². The molecule has 0 aromatic carbocycles. The van der Waals surface area contributed by atoms with Crippen LogP contribution in [0.3, 0.4) is 0 Å². The van der Waals surface area contributed by atoms with Crippen molar-refractivity contribution in [3.63, 3.8) is 0 Å². The van der Waals surface area contributed by atoms with Crippen LogP contribution >= 0.6 is 0 Å². The molecule has 3 heteroatoms. The molecule has 0 spiro atoms. The smallest absolute Gasteiger partial charge is 0.0587 e. The zero-order valence-electron chi connectivity index (χ0n) is 9.18. The van der Waals surface area contributed by atoms with Crippen molar-refractivity contribution in [3.05, 3.63) is 0 Å². The molecule has 0 aliphatic rings. The molecule has 80 valence electrons. The summed E-state index contributed by atoms with van der Waals surface area (Å²) in [5.74, 6) is 1.34. The molecule has 0 aromatic rings. The fraction of sp³-hybridized carbons (Fsp3) is 1.00. The lowest BCUT2D eigenvalue weighted by molar-refractivity contribution is 0.197. The minimum absolute atomic E-state index is 0.608. The van der Waals surface area contributed by atoms with Crippen LogP contribution in [0.1, 0.15) is 20.3 Å². The summed E-state index contributed by atoms with van der Waals surface area (Å²) in [5, 5.41) is 3.34. The van der Waals surface area contributed by atoms with Crippen molar-refractivity contribution in [2.75, 3.05) is 33.4 Å². The zero-order valence-corrected chi connectivity index (χ0v) is 9.18. The number of ether oxygens (including phenoxy) is 1. The van der Waals surface area contributed by atoms with Gasteiger partial charge in [-0.05, 0) is 31.3 Å². The third-order valence-electron chi connectivity index (χ3n) is 2.05. The van der Waals surface area contributed by atoms with E-state index in [0.717, 1.165) is 32.2 Å². The molecule has 0 amide bonds. The first kappa shape index (κ1) is 12.9. The van der Waals surface area contributed by atoms with Gasteiger partial charge in [0.1, 0.15) is 0 Å². The molecule has 0 fully saturated rings. The van der Waals surface area contributed by atoms with Gasteiger partial charge in [0.05, 0.1) is 6.61 Å². The Morgan fingerprint density at radius 2 is 2.08 bits per heavy atom. The Morgan fingerprint density at radius 3 is 2.54 bits per heavy atom. The fourth-order valence-electron chi connectivity index (χ4n) is 1.41. The largest absolute Gasteiger partial charge is 0.383 e. The lowest BCUT2D eigenvalue weighted by Gasteiger charge is -2.17. The molecule has 1 unspecified atom stereocenters. The second-order valence-electron chi connectivity index (χ2n) is 3.93. The molecule has 3 N–H and O–H groups in total. The Kier molecular flexibility index (Phi) is 8.40. The topological polar surface area (TPSA) is 47.3 Å². The average molecular weight is 188 g/mol. The summed E-state index contributed by atoms with van der Waals surface area (Å²) in [6.07, 6.45) is 1.20. The Balaban J connectivity index is 3.36. The van der Waals surface area contributed by atoms with Crippen LogP contribution in [-0.4, -0.2) is 33.4 Å². The van der Waals surface area contributed by atoms with Gasteiger partial charge in [0.25, 0.3) is 0 Å². The van der Waals surface area contributed by atoms with Crippen molar-refractivity contribution in [2.45, 2.75) is 20.3 Å². The van der Waals surface area contributed by atoms with Gasteiger partial charge in [-0.25, -0.2) is 0 Å². The molecule has 0 aliphatic carbocycles. The highest BCUT2D eigenvalue weighted by Gasteiger charge is 2.07. The lowest BCUT2D eigenvalue weighted by Crippen LogP contribution is -2.31. The SMILES string of the molecule is COCCNCC(CN)CC(C)C. The van der Waals surface area contributed by atoms with Crippen LogP contribution in [0.4, 0.5) is 0 Å². The molecule has 0 saturated carbocycles. The van der Waals surface area contributed by atoms with Gasteiger partial charge in [-0.3, -0.25) is 0 Å². The Bertz CT molecular complexity index is 107. The van der Waals surface area contributed by atoms with Gasteiger partial charge >= 0.3 is 0 Å². The highest BCUT2D eigenvalue weighted by Crippen LogP contribution is 2.08. The number of hydrogen-bond acceptors (Lipinski definition) is 3. The third kappa shape index (κ3) is 8.22. The highest BCUT2D eigenvalue weighted by molar-refractivity contribution is 4.64. The normalized spacial score (nSPS) is 13.6. The average Bonchev–Trinajstić information content (AvgIpc) is 2.09. The van der Waals surface area contributed by atoms with Crippen molar-refractivity contribution in [2.24, 2.45) is 17.6 Å². The Morgan fingerprint density at radius 1 is 1.38 bits per heavy atom. The fourth-order valence-corrected chi connectivity index (χ4v) is 1.41. The summed E-state index contributed by atoms with van der Waals surface area (Å²) in [7, 11) is 1.72. The molecule has 0 aromatic heterocycles. The summed E-state index contributed by atoms with van der Waals surface area (Å²) in [6, 6.07) is 0. The molecule has 0 heterocycles. The van der Waals surface area contributed by atoms with Crippen LogP contribution in [0.2, 0.25) is 0 Å². The first-order valence-corrected chi connectivity index (χ1v) is 5.10. The number of rotatable bonds is 8. The molecular formula is C10H24N2O. The van der Waals surface area contributed by atoms with E-state index in [-0.39, 0.29) is 0 Å². The summed E-state index contributed by atoms with van der Waals surface area (Å²) in [6.45, 7) is 7.95. The van der Waals surface area contributed by atoms with Gasteiger partial charge in [0, 0.05) is 13.7 Å². The van der Waals surface area contributed by atoms with Crippen molar-refractivity contribution in [1.29, 1.82) is 0 Å². The first-order chi connectivity index (χ1) is 6.20. The summed E-state index contributed by atoms with van der Waals surface area (Å²) < 4.78 is 4.94. The van der Waals surface area contributed by atoms with Crippen molar-refractivity contribution in [1.82, 2.24) is 5.32 Å². The van der Waals surface area contributed by atoms with Crippen molar-refractivity contribution >= 4 is 0 Å². The second-order valence-corrected chi connectivity index (χ2v) is 3.93. The number of methoxy groups -OCH3 is 1. The standard InChI is InChI=1S/C10H24N2O/c1-9(2)6-10(7-11)8-12-4-5-13-3/h9-10,12H,4-8,11H2,1-3H3. The third-order valence-corrected chi connectivity index (χ3v) is 2.05. The van der Waals surface area contributed by atoms with E-state index in [9.17, 15) is 0 Å². The van der Waals surface area contributed by atoms with Crippen LogP contribution in [0.5, 0.6) is 0 Å². The predicted octanol–water partition coefficient (Wildman–Crippen LogP) is 0.843. The minimum Gasteiger partial charge on any atom is -0.383 e. The summed E-state index contributed by atoms with van der Waals surface area (Å²) in [4.78, 5) is 0. The molecule has 0 saturated heterocycles. The van der Waals surface area contributed by atoms with Crippen molar-refractivity contribution < 1.29 is 4.74 Å². The van der Waals surface area contributed by atoms with Crippen LogP contribution < -0.4 is 11.1 Å². The van der Waals surface area contributed by atoms with E-state index < -0.39 is 0 Å². The maximum absolute atomic E-state index is 5.66. The molecular weight excluding hydrogens is 164 g/mol. The highest BCUT2D eigenvalue weighted by atomic mass is 16.5. The molecule has 13 heavy (non-hydrogen) atoms. The Labute approximate surface area is 82.0 Å². The quantitative estimate of drug-likeness (QED) is 0.555. The van der Waals surface area contributed by atoms with E-state index in [4.69, 9.17) is 10.5 Å². The molecule has 0 rings (SSSR count). The van der Waals surface area contributed by atoms with Gasteiger partial charge in [-0.1, -0.05) is 13.8 Å². The maximum Gasteiger partial charge on any atom is 0.0587 e. The number of nitrogens with one attached hydrogen (secondary N) is 1. The van der Waals surface area contributed by atoms with Gasteiger partial charge in [0.2, 0.25) is 0 Å². The monoisotopic (exact) mass is 188 g/mol. The predicted molar refractivity (Wildman–Crippen MR) is 56.7 cm³/mol. The first-order valence-electron chi connectivity index (χ1n) is 5.10. The van der Waals surface area contributed by atoms with E-state index in [1.54, 1.807) is 7.11 Å². The van der Waals surface area contributed by atoms with Crippen LogP contribution in [-0.2, 0) is 4.74 Å². The van der Waals surface area contributed by atoms with Crippen LogP contribution in [0.25, 0.3) is 0 Å². The minimum atomic E-state index is 0.608. The van der Waals surface area contributed by atoms with Gasteiger partial charge in [0.15, 0.2) is 0 Å². The number of nitrogens with two attached hydrogens (primary N) is 1. The molecule has 3 nitrogen and oxygen atoms in total. The second kappa shape index (κ2) is 8.48. The van der Waals surface area contributed by atoms with Gasteiger partial charge in [-0.2, -0.15) is 0 Å². The van der Waals surface area contributed by atoms with E-state index >= 15 is 0 Å². The van der Waals surface area contributed by atoms with E-state index in [0.29, 0.717) is 5.92 Å². The van der Waals surface area contributed by atoms with Crippen molar-refractivity contribution in [3.8, 4) is 0 Å². The molecule has 0 radical (unpaired) electrons.